The van der Waals surface area contributed by atoms with Crippen LogP contribution in [0, 0.1) is 12.3 Å². The summed E-state index contributed by atoms with van der Waals surface area (Å²) in [6.07, 6.45) is 6.27. The van der Waals surface area contributed by atoms with Gasteiger partial charge in [-0.15, -0.1) is 12.3 Å². The number of unbranched alkanes of at least 4 members (excludes halogenated alkanes) is 1. The lowest BCUT2D eigenvalue weighted by atomic mass is 10.2. The van der Waals surface area contributed by atoms with Crippen LogP contribution >= 0.6 is 11.6 Å². The zero-order chi connectivity index (χ0) is 14.6. The maximum absolute atomic E-state index is 12.1. The number of hydrogen-bond donors (Lipinski definition) is 1. The van der Waals surface area contributed by atoms with E-state index in [1.165, 1.54) is 6.07 Å². The van der Waals surface area contributed by atoms with Gasteiger partial charge in [0, 0.05) is 18.4 Å². The number of halogens is 1. The summed E-state index contributed by atoms with van der Waals surface area (Å²) in [5.41, 5.74) is 0.656. The van der Waals surface area contributed by atoms with Crippen molar-refractivity contribution in [3.05, 3.63) is 35.5 Å². The highest BCUT2D eigenvalue weighted by Gasteiger charge is 2.13. The minimum atomic E-state index is -3.52. The smallest absolute Gasteiger partial charge is 0.236 e. The van der Waals surface area contributed by atoms with Crippen molar-refractivity contribution in [2.45, 2.75) is 17.7 Å². The molecule has 0 unspecified atom stereocenters. The second kappa shape index (κ2) is 6.23. The summed E-state index contributed by atoms with van der Waals surface area (Å²) in [7, 11) is -3.52. The zero-order valence-corrected chi connectivity index (χ0v) is 12.2. The van der Waals surface area contributed by atoms with Crippen LogP contribution in [0.25, 0.3) is 10.9 Å². The molecule has 0 saturated heterocycles. The lowest BCUT2D eigenvalue weighted by molar-refractivity contribution is 0.580. The van der Waals surface area contributed by atoms with Crippen LogP contribution < -0.4 is 4.72 Å². The van der Waals surface area contributed by atoms with Crippen LogP contribution in [-0.2, 0) is 10.0 Å². The monoisotopic (exact) mass is 308 g/mol. The maximum Gasteiger partial charge on any atom is 0.240 e. The number of terminal acetylenes is 1. The lowest BCUT2D eigenvalue weighted by Crippen LogP contribution is -2.24. The van der Waals surface area contributed by atoms with Crippen molar-refractivity contribution in [2.24, 2.45) is 0 Å². The van der Waals surface area contributed by atoms with Gasteiger partial charge in [0.2, 0.25) is 10.0 Å². The SMILES string of the molecule is C#CCCCNS(=O)(=O)c1ccc2nc(Cl)ccc2c1. The number of benzene rings is 1. The average molecular weight is 309 g/mol. The predicted octanol–water partition coefficient (Wildman–Crippen LogP) is 2.58. The number of sulfonamides is 1. The molecule has 2 aromatic rings. The zero-order valence-electron chi connectivity index (χ0n) is 10.6. The third-order valence-corrected chi connectivity index (χ3v) is 4.40. The van der Waals surface area contributed by atoms with Crippen molar-refractivity contribution in [3.63, 3.8) is 0 Å². The van der Waals surface area contributed by atoms with E-state index in [4.69, 9.17) is 18.0 Å². The normalized spacial score (nSPS) is 11.4. The molecule has 1 N–H and O–H groups in total. The molecule has 0 aliphatic rings. The van der Waals surface area contributed by atoms with Gasteiger partial charge in [0.05, 0.1) is 10.4 Å². The number of rotatable bonds is 5. The van der Waals surface area contributed by atoms with E-state index in [2.05, 4.69) is 15.6 Å². The van der Waals surface area contributed by atoms with Crippen molar-refractivity contribution in [2.75, 3.05) is 6.54 Å². The molecule has 0 aliphatic heterocycles. The summed E-state index contributed by atoms with van der Waals surface area (Å²) < 4.78 is 26.7. The number of fused-ring (bicyclic) bond motifs is 1. The van der Waals surface area contributed by atoms with E-state index in [-0.39, 0.29) is 4.90 Å². The standard InChI is InChI=1S/C14H13ClN2O2S/c1-2-3-4-9-16-20(18,19)12-6-7-13-11(10-12)5-8-14(15)17-13/h1,5-8,10,16H,3-4,9H2. The predicted molar refractivity (Wildman–Crippen MR) is 80.0 cm³/mol. The summed E-state index contributed by atoms with van der Waals surface area (Å²) in [4.78, 5) is 4.32. The van der Waals surface area contributed by atoms with Crippen molar-refractivity contribution in [3.8, 4) is 12.3 Å². The minimum Gasteiger partial charge on any atom is -0.236 e. The van der Waals surface area contributed by atoms with Gasteiger partial charge in [-0.25, -0.2) is 18.1 Å². The van der Waals surface area contributed by atoms with Crippen molar-refractivity contribution >= 4 is 32.5 Å². The van der Waals surface area contributed by atoms with Gasteiger partial charge in [0.25, 0.3) is 0 Å². The van der Waals surface area contributed by atoms with Gasteiger partial charge in [0.15, 0.2) is 0 Å². The third kappa shape index (κ3) is 3.48. The Bertz CT molecular complexity index is 766. The van der Waals surface area contributed by atoms with Crippen LogP contribution in [0.15, 0.2) is 35.2 Å². The molecule has 1 aromatic heterocycles. The van der Waals surface area contributed by atoms with Crippen LogP contribution in [0.2, 0.25) is 5.15 Å². The highest BCUT2D eigenvalue weighted by molar-refractivity contribution is 7.89. The van der Waals surface area contributed by atoms with Crippen LogP contribution in [-0.4, -0.2) is 19.9 Å². The quantitative estimate of drug-likeness (QED) is 0.525. The van der Waals surface area contributed by atoms with Gasteiger partial charge >= 0.3 is 0 Å². The first-order valence-corrected chi connectivity index (χ1v) is 7.88. The number of aromatic nitrogens is 1. The number of nitrogens with one attached hydrogen (secondary N) is 1. The molecule has 0 spiro atoms. The molecule has 20 heavy (non-hydrogen) atoms. The first-order chi connectivity index (χ1) is 9.53. The average Bonchev–Trinajstić information content (AvgIpc) is 2.43. The van der Waals surface area contributed by atoms with Gasteiger partial charge < -0.3 is 0 Å². The molecule has 1 heterocycles. The largest absolute Gasteiger partial charge is 0.240 e. The minimum absolute atomic E-state index is 0.204. The summed E-state index contributed by atoms with van der Waals surface area (Å²) in [6.45, 7) is 0.323. The molecule has 6 heteroatoms. The second-order valence-electron chi connectivity index (χ2n) is 4.19. The Kier molecular flexibility index (Phi) is 4.61. The Morgan fingerprint density at radius 1 is 1.30 bits per heavy atom. The van der Waals surface area contributed by atoms with E-state index in [0.29, 0.717) is 30.1 Å². The first-order valence-electron chi connectivity index (χ1n) is 6.02. The molecule has 0 aliphatic carbocycles. The third-order valence-electron chi connectivity index (χ3n) is 2.73. The Morgan fingerprint density at radius 2 is 2.10 bits per heavy atom. The van der Waals surface area contributed by atoms with Gasteiger partial charge in [-0.3, -0.25) is 0 Å². The fraction of sp³-hybridized carbons (Fsp3) is 0.214. The van der Waals surface area contributed by atoms with Crippen molar-refractivity contribution < 1.29 is 8.42 Å². The van der Waals surface area contributed by atoms with E-state index < -0.39 is 10.0 Å². The molecule has 0 atom stereocenters. The van der Waals surface area contributed by atoms with Crippen LogP contribution in [0.4, 0.5) is 0 Å². The Hall–Kier alpha value is -1.61. The number of hydrogen-bond acceptors (Lipinski definition) is 3. The molecule has 104 valence electrons. The van der Waals surface area contributed by atoms with Crippen LogP contribution in [0.1, 0.15) is 12.8 Å². The first kappa shape index (κ1) is 14.8. The van der Waals surface area contributed by atoms with Gasteiger partial charge in [-0.05, 0) is 36.8 Å². The molecule has 4 nitrogen and oxygen atoms in total. The molecule has 2 rings (SSSR count). The Labute approximate surface area is 123 Å². The second-order valence-corrected chi connectivity index (χ2v) is 6.35. The molecular formula is C14H13ClN2O2S. The highest BCUT2D eigenvalue weighted by Crippen LogP contribution is 2.19. The van der Waals surface area contributed by atoms with E-state index in [0.717, 1.165) is 5.39 Å². The van der Waals surface area contributed by atoms with E-state index in [1.54, 1.807) is 24.3 Å². The van der Waals surface area contributed by atoms with Crippen molar-refractivity contribution in [1.82, 2.24) is 9.71 Å². The van der Waals surface area contributed by atoms with E-state index in [9.17, 15) is 8.42 Å². The summed E-state index contributed by atoms with van der Waals surface area (Å²) in [5, 5.41) is 1.10. The molecular weight excluding hydrogens is 296 g/mol. The van der Waals surface area contributed by atoms with Crippen LogP contribution in [0.3, 0.4) is 0 Å². The Balaban J connectivity index is 2.24. The summed E-state index contributed by atoms with van der Waals surface area (Å²) in [6, 6.07) is 8.08. The fourth-order valence-corrected chi connectivity index (χ4v) is 2.99. The van der Waals surface area contributed by atoms with Gasteiger partial charge in [0.1, 0.15) is 5.15 Å². The van der Waals surface area contributed by atoms with Gasteiger partial charge in [-0.2, -0.15) is 0 Å². The molecule has 0 fully saturated rings. The highest BCUT2D eigenvalue weighted by atomic mass is 35.5. The van der Waals surface area contributed by atoms with Crippen molar-refractivity contribution in [1.29, 1.82) is 0 Å². The molecule has 0 saturated carbocycles. The molecule has 1 aromatic carbocycles. The van der Waals surface area contributed by atoms with E-state index in [1.807, 2.05) is 0 Å². The molecule has 0 bridgehead atoms. The lowest BCUT2D eigenvalue weighted by Gasteiger charge is -2.07. The van der Waals surface area contributed by atoms with Crippen LogP contribution in [0.5, 0.6) is 0 Å². The molecule has 0 amide bonds. The fourth-order valence-electron chi connectivity index (χ4n) is 1.73. The van der Waals surface area contributed by atoms with Gasteiger partial charge in [-0.1, -0.05) is 11.6 Å². The molecule has 0 radical (unpaired) electrons. The summed E-state index contributed by atoms with van der Waals surface area (Å²) >= 11 is 5.79. The van der Waals surface area contributed by atoms with E-state index >= 15 is 0 Å². The number of pyridine rings is 1. The maximum atomic E-state index is 12.1. The Morgan fingerprint density at radius 3 is 2.85 bits per heavy atom. The number of nitrogens with zero attached hydrogens (tertiary/aromatic N) is 1. The topological polar surface area (TPSA) is 59.1 Å². The summed E-state index contributed by atoms with van der Waals surface area (Å²) in [5.74, 6) is 2.47.